The SMILES string of the molecule is O=C(C1CCN(C(=O)C2Cc3ccccc3CN2C(=O)c2ccco2)CC1)N1CCCCC1. The number of piperidine rings is 2. The van der Waals surface area contributed by atoms with Crippen LogP contribution < -0.4 is 0 Å². The molecule has 1 unspecified atom stereocenters. The second-order valence-electron chi connectivity index (χ2n) is 9.38. The molecule has 0 radical (unpaired) electrons. The number of carbonyl (C=O) groups excluding carboxylic acids is 3. The normalized spacial score (nSPS) is 21.6. The van der Waals surface area contributed by atoms with Crippen molar-refractivity contribution in [3.05, 3.63) is 59.5 Å². The lowest BCUT2D eigenvalue weighted by molar-refractivity contribution is -0.143. The predicted octanol–water partition coefficient (Wildman–Crippen LogP) is 3.10. The van der Waals surface area contributed by atoms with E-state index in [1.807, 2.05) is 34.1 Å². The summed E-state index contributed by atoms with van der Waals surface area (Å²) >= 11 is 0. The third-order valence-corrected chi connectivity index (χ3v) is 7.35. The van der Waals surface area contributed by atoms with Gasteiger partial charge in [0.25, 0.3) is 5.91 Å². The number of furan rings is 1. The van der Waals surface area contributed by atoms with Gasteiger partial charge in [-0.25, -0.2) is 0 Å². The molecule has 0 bridgehead atoms. The van der Waals surface area contributed by atoms with E-state index < -0.39 is 6.04 Å². The van der Waals surface area contributed by atoms with Crippen molar-refractivity contribution in [1.29, 1.82) is 0 Å². The molecule has 33 heavy (non-hydrogen) atoms. The summed E-state index contributed by atoms with van der Waals surface area (Å²) < 4.78 is 5.35. The van der Waals surface area contributed by atoms with Crippen LogP contribution in [0.15, 0.2) is 47.1 Å². The van der Waals surface area contributed by atoms with Crippen molar-refractivity contribution in [3.63, 3.8) is 0 Å². The zero-order valence-corrected chi connectivity index (χ0v) is 18.9. The molecular formula is C26H31N3O4. The zero-order chi connectivity index (χ0) is 22.8. The van der Waals surface area contributed by atoms with E-state index >= 15 is 0 Å². The van der Waals surface area contributed by atoms with Crippen LogP contribution in [-0.4, -0.2) is 64.6 Å². The van der Waals surface area contributed by atoms with Gasteiger partial charge in [-0.2, -0.15) is 0 Å². The van der Waals surface area contributed by atoms with Crippen molar-refractivity contribution in [2.45, 2.75) is 51.1 Å². The molecule has 1 atom stereocenters. The summed E-state index contributed by atoms with van der Waals surface area (Å²) in [5.41, 5.74) is 2.17. The quantitative estimate of drug-likeness (QED) is 0.722. The lowest BCUT2D eigenvalue weighted by Crippen LogP contribution is -2.55. The smallest absolute Gasteiger partial charge is 0.290 e. The average Bonchev–Trinajstić information content (AvgIpc) is 3.42. The maximum Gasteiger partial charge on any atom is 0.290 e. The molecule has 5 rings (SSSR count). The Hall–Kier alpha value is -3.09. The Morgan fingerprint density at radius 1 is 0.788 bits per heavy atom. The maximum absolute atomic E-state index is 13.6. The first-order valence-electron chi connectivity index (χ1n) is 12.1. The topological polar surface area (TPSA) is 74.1 Å². The summed E-state index contributed by atoms with van der Waals surface area (Å²) in [4.78, 5) is 45.2. The fraction of sp³-hybridized carbons (Fsp3) is 0.500. The van der Waals surface area contributed by atoms with Crippen molar-refractivity contribution >= 4 is 17.7 Å². The molecule has 0 saturated carbocycles. The molecule has 1 aromatic carbocycles. The molecular weight excluding hydrogens is 418 g/mol. The van der Waals surface area contributed by atoms with E-state index in [9.17, 15) is 14.4 Å². The van der Waals surface area contributed by atoms with E-state index in [4.69, 9.17) is 4.42 Å². The third-order valence-electron chi connectivity index (χ3n) is 7.35. The first kappa shape index (κ1) is 21.7. The molecule has 7 nitrogen and oxygen atoms in total. The van der Waals surface area contributed by atoms with Crippen LogP contribution in [0.25, 0.3) is 0 Å². The third kappa shape index (κ3) is 4.41. The number of hydrogen-bond donors (Lipinski definition) is 0. The van der Waals surface area contributed by atoms with Gasteiger partial charge in [0.1, 0.15) is 6.04 Å². The minimum Gasteiger partial charge on any atom is -0.459 e. The molecule has 2 fully saturated rings. The van der Waals surface area contributed by atoms with E-state index in [1.165, 1.54) is 12.7 Å². The molecule has 0 spiro atoms. The first-order chi connectivity index (χ1) is 16.1. The molecule has 0 aliphatic carbocycles. The molecule has 174 valence electrons. The van der Waals surface area contributed by atoms with Gasteiger partial charge in [-0.05, 0) is 55.4 Å². The molecule has 3 amide bonds. The fourth-order valence-corrected chi connectivity index (χ4v) is 5.43. The van der Waals surface area contributed by atoms with Gasteiger partial charge >= 0.3 is 0 Å². The molecule has 7 heteroatoms. The molecule has 2 saturated heterocycles. The van der Waals surface area contributed by atoms with E-state index in [-0.39, 0.29) is 29.4 Å². The molecule has 3 aliphatic heterocycles. The largest absolute Gasteiger partial charge is 0.459 e. The van der Waals surface area contributed by atoms with Gasteiger partial charge in [-0.3, -0.25) is 14.4 Å². The highest BCUT2D eigenvalue weighted by molar-refractivity contribution is 5.96. The highest BCUT2D eigenvalue weighted by Crippen LogP contribution is 2.28. The number of hydrogen-bond acceptors (Lipinski definition) is 4. The standard InChI is InChI=1S/C26H31N3O4/c30-24(27-12-4-1-5-13-27)19-10-14-28(15-11-19)25(31)22-17-20-7-2-3-8-21(20)18-29(22)26(32)23-9-6-16-33-23/h2-3,6-9,16,19,22H,1,4-5,10-15,17-18H2. The van der Waals surface area contributed by atoms with E-state index in [1.54, 1.807) is 17.0 Å². The Morgan fingerprint density at radius 3 is 2.18 bits per heavy atom. The van der Waals surface area contributed by atoms with E-state index in [0.717, 1.165) is 37.1 Å². The van der Waals surface area contributed by atoms with Crippen LogP contribution in [0.5, 0.6) is 0 Å². The van der Waals surface area contributed by atoms with E-state index in [0.29, 0.717) is 38.9 Å². The average molecular weight is 450 g/mol. The Bertz CT molecular complexity index is 1000. The summed E-state index contributed by atoms with van der Waals surface area (Å²) in [5, 5.41) is 0. The number of rotatable bonds is 3. The summed E-state index contributed by atoms with van der Waals surface area (Å²) in [6, 6.07) is 10.7. The molecule has 1 aromatic heterocycles. The number of nitrogens with zero attached hydrogens (tertiary/aromatic N) is 3. The van der Waals surface area contributed by atoms with Gasteiger partial charge in [-0.1, -0.05) is 24.3 Å². The van der Waals surface area contributed by atoms with Crippen molar-refractivity contribution < 1.29 is 18.8 Å². The summed E-state index contributed by atoms with van der Waals surface area (Å²) in [5.74, 6) is 0.206. The highest BCUT2D eigenvalue weighted by atomic mass is 16.3. The van der Waals surface area contributed by atoms with Gasteiger partial charge in [-0.15, -0.1) is 0 Å². The van der Waals surface area contributed by atoms with Gasteiger partial charge in [0, 0.05) is 45.1 Å². The summed E-state index contributed by atoms with van der Waals surface area (Å²) in [6.07, 6.45) is 6.74. The second kappa shape index (κ2) is 9.41. The van der Waals surface area contributed by atoms with Crippen LogP contribution in [0.4, 0.5) is 0 Å². The van der Waals surface area contributed by atoms with Crippen molar-refractivity contribution in [3.8, 4) is 0 Å². The minimum atomic E-state index is -0.563. The number of benzene rings is 1. The van der Waals surface area contributed by atoms with Gasteiger partial charge in [0.05, 0.1) is 6.26 Å². The van der Waals surface area contributed by atoms with Crippen molar-refractivity contribution in [2.24, 2.45) is 5.92 Å². The van der Waals surface area contributed by atoms with Crippen LogP contribution in [-0.2, 0) is 22.6 Å². The molecule has 3 aliphatic rings. The highest BCUT2D eigenvalue weighted by Gasteiger charge is 2.39. The zero-order valence-electron chi connectivity index (χ0n) is 18.9. The summed E-state index contributed by atoms with van der Waals surface area (Å²) in [6.45, 7) is 3.23. The minimum absolute atomic E-state index is 0.0000792. The van der Waals surface area contributed by atoms with Crippen LogP contribution in [0.1, 0.15) is 53.8 Å². The molecule has 0 N–H and O–H groups in total. The number of fused-ring (bicyclic) bond motifs is 1. The van der Waals surface area contributed by atoms with Crippen molar-refractivity contribution in [1.82, 2.24) is 14.7 Å². The van der Waals surface area contributed by atoms with Crippen molar-refractivity contribution in [2.75, 3.05) is 26.2 Å². The lowest BCUT2D eigenvalue weighted by Gasteiger charge is -2.40. The van der Waals surface area contributed by atoms with Crippen LogP contribution in [0.2, 0.25) is 0 Å². The predicted molar refractivity (Wildman–Crippen MR) is 122 cm³/mol. The molecule has 4 heterocycles. The van der Waals surface area contributed by atoms with Crippen LogP contribution in [0.3, 0.4) is 0 Å². The number of carbonyl (C=O) groups is 3. The van der Waals surface area contributed by atoms with Gasteiger partial charge in [0.2, 0.25) is 11.8 Å². The monoisotopic (exact) mass is 449 g/mol. The summed E-state index contributed by atoms with van der Waals surface area (Å²) in [7, 11) is 0. The number of amides is 3. The van der Waals surface area contributed by atoms with Crippen LogP contribution in [0, 0.1) is 5.92 Å². The first-order valence-corrected chi connectivity index (χ1v) is 12.1. The molecule has 2 aromatic rings. The Kier molecular flexibility index (Phi) is 6.20. The maximum atomic E-state index is 13.6. The Morgan fingerprint density at radius 2 is 1.48 bits per heavy atom. The van der Waals surface area contributed by atoms with Crippen LogP contribution >= 0.6 is 0 Å². The second-order valence-corrected chi connectivity index (χ2v) is 9.38. The lowest BCUT2D eigenvalue weighted by atomic mass is 9.90. The van der Waals surface area contributed by atoms with Gasteiger partial charge in [0.15, 0.2) is 5.76 Å². The number of likely N-dealkylation sites (tertiary alicyclic amines) is 2. The fourth-order valence-electron chi connectivity index (χ4n) is 5.43. The Labute approximate surface area is 194 Å². The van der Waals surface area contributed by atoms with E-state index in [2.05, 4.69) is 0 Å². The Balaban J connectivity index is 1.29. The van der Waals surface area contributed by atoms with Gasteiger partial charge < -0.3 is 19.1 Å².